The number of nitrogen functional groups attached to an aromatic ring is 1. The van der Waals surface area contributed by atoms with Gasteiger partial charge in [-0.05, 0) is 25.1 Å². The first-order chi connectivity index (χ1) is 14.0. The predicted molar refractivity (Wildman–Crippen MR) is 108 cm³/mol. The van der Waals surface area contributed by atoms with Gasteiger partial charge in [0.25, 0.3) is 5.91 Å². The van der Waals surface area contributed by atoms with Crippen molar-refractivity contribution in [2.75, 3.05) is 44.5 Å². The van der Waals surface area contributed by atoms with E-state index in [9.17, 15) is 4.79 Å². The summed E-state index contributed by atoms with van der Waals surface area (Å²) in [6, 6.07) is 6.91. The van der Waals surface area contributed by atoms with Crippen molar-refractivity contribution >= 4 is 28.6 Å². The third kappa shape index (κ3) is 3.39. The standard InChI is InChI=1S/C20H23N5O4/c1-12-11-24(6-7-25(12)19(26)15-5-4-8-29-15)20-22-14-10-17(28-3)16(27-2)9-13(14)18(21)23-20/h4-5,8-10,12H,6-7,11H2,1-3H3,(H2,21,22,23). The Morgan fingerprint density at radius 2 is 1.97 bits per heavy atom. The number of fused-ring (bicyclic) bond motifs is 1. The molecule has 1 aromatic carbocycles. The maximum absolute atomic E-state index is 12.6. The van der Waals surface area contributed by atoms with E-state index in [1.165, 1.54) is 6.26 Å². The maximum Gasteiger partial charge on any atom is 0.289 e. The van der Waals surface area contributed by atoms with Gasteiger partial charge in [0.2, 0.25) is 5.95 Å². The second kappa shape index (κ2) is 7.50. The van der Waals surface area contributed by atoms with E-state index in [0.29, 0.717) is 59.6 Å². The second-order valence-electron chi connectivity index (χ2n) is 6.90. The molecule has 29 heavy (non-hydrogen) atoms. The number of carbonyl (C=O) groups is 1. The van der Waals surface area contributed by atoms with Crippen LogP contribution < -0.4 is 20.1 Å². The first kappa shape index (κ1) is 18.9. The molecule has 0 saturated carbocycles. The number of nitrogens with zero attached hydrogens (tertiary/aromatic N) is 4. The van der Waals surface area contributed by atoms with Gasteiger partial charge in [-0.25, -0.2) is 4.98 Å². The van der Waals surface area contributed by atoms with Crippen molar-refractivity contribution in [2.45, 2.75) is 13.0 Å². The van der Waals surface area contributed by atoms with Crippen molar-refractivity contribution in [3.8, 4) is 11.5 Å². The minimum Gasteiger partial charge on any atom is -0.493 e. The van der Waals surface area contributed by atoms with Crippen molar-refractivity contribution in [2.24, 2.45) is 0 Å². The molecule has 0 bridgehead atoms. The van der Waals surface area contributed by atoms with Crippen LogP contribution >= 0.6 is 0 Å². The Kier molecular flexibility index (Phi) is 4.87. The Hall–Kier alpha value is -3.49. The van der Waals surface area contributed by atoms with Crippen LogP contribution in [0.3, 0.4) is 0 Å². The summed E-state index contributed by atoms with van der Waals surface area (Å²) in [5.41, 5.74) is 6.88. The first-order valence-corrected chi connectivity index (χ1v) is 9.30. The van der Waals surface area contributed by atoms with Gasteiger partial charge in [0.15, 0.2) is 17.3 Å². The molecule has 0 aliphatic carbocycles. The average molecular weight is 397 g/mol. The Labute approximate surface area is 168 Å². The van der Waals surface area contributed by atoms with E-state index in [0.717, 1.165) is 0 Å². The molecule has 1 atom stereocenters. The average Bonchev–Trinajstić information content (AvgIpc) is 3.27. The lowest BCUT2D eigenvalue weighted by Gasteiger charge is -2.39. The zero-order valence-electron chi connectivity index (χ0n) is 16.6. The minimum absolute atomic E-state index is 0.0349. The molecule has 2 aromatic heterocycles. The van der Waals surface area contributed by atoms with E-state index >= 15 is 0 Å². The number of hydrogen-bond acceptors (Lipinski definition) is 8. The lowest BCUT2D eigenvalue weighted by molar-refractivity contribution is 0.0640. The molecule has 1 aliphatic rings. The highest BCUT2D eigenvalue weighted by Crippen LogP contribution is 2.34. The molecule has 1 unspecified atom stereocenters. The fourth-order valence-corrected chi connectivity index (χ4v) is 3.59. The van der Waals surface area contributed by atoms with Crippen LogP contribution in [0.25, 0.3) is 10.9 Å². The van der Waals surface area contributed by atoms with E-state index in [-0.39, 0.29) is 11.9 Å². The number of nitrogens with two attached hydrogens (primary N) is 1. The summed E-state index contributed by atoms with van der Waals surface area (Å²) in [5.74, 6) is 2.27. The van der Waals surface area contributed by atoms with Gasteiger partial charge in [0.05, 0.1) is 26.0 Å². The monoisotopic (exact) mass is 397 g/mol. The van der Waals surface area contributed by atoms with Gasteiger partial charge in [-0.3, -0.25) is 4.79 Å². The fraction of sp³-hybridized carbons (Fsp3) is 0.350. The number of hydrogen-bond donors (Lipinski definition) is 1. The van der Waals surface area contributed by atoms with Crippen LogP contribution in [0.1, 0.15) is 17.5 Å². The normalized spacial score (nSPS) is 16.9. The quantitative estimate of drug-likeness (QED) is 0.714. The van der Waals surface area contributed by atoms with Gasteiger partial charge in [-0.2, -0.15) is 4.98 Å². The van der Waals surface area contributed by atoms with Crippen LogP contribution in [-0.2, 0) is 0 Å². The SMILES string of the molecule is COc1cc2nc(N3CCN(C(=O)c4ccco4)C(C)C3)nc(N)c2cc1OC. The molecule has 3 heterocycles. The van der Waals surface area contributed by atoms with Crippen molar-refractivity contribution in [3.63, 3.8) is 0 Å². The van der Waals surface area contributed by atoms with Gasteiger partial charge in [0, 0.05) is 37.1 Å². The van der Waals surface area contributed by atoms with Crippen molar-refractivity contribution in [1.82, 2.24) is 14.9 Å². The van der Waals surface area contributed by atoms with Crippen LogP contribution in [0.15, 0.2) is 34.9 Å². The molecule has 2 N–H and O–H groups in total. The van der Waals surface area contributed by atoms with Crippen molar-refractivity contribution in [3.05, 3.63) is 36.3 Å². The Bertz CT molecular complexity index is 1040. The lowest BCUT2D eigenvalue weighted by Crippen LogP contribution is -2.54. The summed E-state index contributed by atoms with van der Waals surface area (Å²) >= 11 is 0. The summed E-state index contributed by atoms with van der Waals surface area (Å²) in [5, 5.41) is 0.700. The third-order valence-corrected chi connectivity index (χ3v) is 5.12. The van der Waals surface area contributed by atoms with E-state index in [2.05, 4.69) is 9.97 Å². The number of anilines is 2. The molecular weight excluding hydrogens is 374 g/mol. The smallest absolute Gasteiger partial charge is 0.289 e. The molecule has 1 aliphatic heterocycles. The number of piperazine rings is 1. The molecule has 9 nitrogen and oxygen atoms in total. The Morgan fingerprint density at radius 1 is 1.21 bits per heavy atom. The van der Waals surface area contributed by atoms with E-state index < -0.39 is 0 Å². The highest BCUT2D eigenvalue weighted by Gasteiger charge is 2.30. The Balaban J connectivity index is 1.60. The molecule has 9 heteroatoms. The summed E-state index contributed by atoms with van der Waals surface area (Å²) < 4.78 is 15.9. The molecule has 1 amide bonds. The second-order valence-corrected chi connectivity index (χ2v) is 6.90. The zero-order chi connectivity index (χ0) is 20.5. The number of aromatic nitrogens is 2. The summed E-state index contributed by atoms with van der Waals surface area (Å²) in [7, 11) is 3.14. The molecule has 1 fully saturated rings. The van der Waals surface area contributed by atoms with Crippen LogP contribution in [-0.4, -0.2) is 60.7 Å². The van der Waals surface area contributed by atoms with Gasteiger partial charge >= 0.3 is 0 Å². The molecule has 152 valence electrons. The first-order valence-electron chi connectivity index (χ1n) is 9.30. The van der Waals surface area contributed by atoms with Gasteiger partial charge in [0.1, 0.15) is 5.82 Å². The van der Waals surface area contributed by atoms with Crippen molar-refractivity contribution < 1.29 is 18.7 Å². The van der Waals surface area contributed by atoms with Crippen LogP contribution in [0, 0.1) is 0 Å². The predicted octanol–water partition coefficient (Wildman–Crippen LogP) is 2.17. The van der Waals surface area contributed by atoms with E-state index in [1.54, 1.807) is 43.4 Å². The van der Waals surface area contributed by atoms with E-state index in [1.807, 2.05) is 11.8 Å². The minimum atomic E-state index is -0.113. The van der Waals surface area contributed by atoms with Gasteiger partial charge < -0.3 is 29.4 Å². The third-order valence-electron chi connectivity index (χ3n) is 5.12. The number of rotatable bonds is 4. The zero-order valence-corrected chi connectivity index (χ0v) is 16.6. The maximum atomic E-state index is 12.6. The molecule has 0 radical (unpaired) electrons. The Morgan fingerprint density at radius 3 is 2.62 bits per heavy atom. The van der Waals surface area contributed by atoms with Crippen LogP contribution in [0.2, 0.25) is 0 Å². The highest BCUT2D eigenvalue weighted by molar-refractivity contribution is 5.92. The molecule has 4 rings (SSSR count). The molecule has 3 aromatic rings. The number of methoxy groups -OCH3 is 2. The summed E-state index contributed by atoms with van der Waals surface area (Å²) in [6.07, 6.45) is 1.50. The summed E-state index contributed by atoms with van der Waals surface area (Å²) in [6.45, 7) is 3.71. The lowest BCUT2D eigenvalue weighted by atomic mass is 10.1. The molecule has 0 spiro atoms. The van der Waals surface area contributed by atoms with E-state index in [4.69, 9.17) is 19.6 Å². The van der Waals surface area contributed by atoms with Crippen molar-refractivity contribution in [1.29, 1.82) is 0 Å². The van der Waals surface area contributed by atoms with Crippen LogP contribution in [0.4, 0.5) is 11.8 Å². The molecule has 1 saturated heterocycles. The number of ether oxygens (including phenoxy) is 2. The number of benzene rings is 1. The molecular formula is C20H23N5O4. The topological polar surface area (TPSA) is 107 Å². The van der Waals surface area contributed by atoms with Gasteiger partial charge in [-0.1, -0.05) is 0 Å². The summed E-state index contributed by atoms with van der Waals surface area (Å²) in [4.78, 5) is 25.6. The number of carbonyl (C=O) groups excluding carboxylic acids is 1. The number of furan rings is 1. The van der Waals surface area contributed by atoms with Gasteiger partial charge in [-0.15, -0.1) is 0 Å². The fourth-order valence-electron chi connectivity index (χ4n) is 3.59. The number of amides is 1. The largest absolute Gasteiger partial charge is 0.493 e. The van der Waals surface area contributed by atoms with Crippen LogP contribution in [0.5, 0.6) is 11.5 Å². The highest BCUT2D eigenvalue weighted by atomic mass is 16.5.